The molecule has 0 saturated carbocycles. The number of amides is 1. The van der Waals surface area contributed by atoms with Crippen molar-refractivity contribution >= 4 is 17.7 Å². The molecule has 0 fully saturated rings. The quantitative estimate of drug-likeness (QED) is 0.886. The molecule has 23 heavy (non-hydrogen) atoms. The molecule has 0 spiro atoms. The first-order chi connectivity index (χ1) is 11.3. The molecule has 1 atom stereocenters. The highest BCUT2D eigenvalue weighted by molar-refractivity contribution is 7.99. The number of thioether (sulfide) groups is 1. The molecule has 0 radical (unpaired) electrons. The second-order valence-electron chi connectivity index (χ2n) is 5.79. The third kappa shape index (κ3) is 3.77. The van der Waals surface area contributed by atoms with Crippen molar-refractivity contribution in [3.05, 3.63) is 65.7 Å². The maximum Gasteiger partial charge on any atom is 0.231 e. The fraction of sp³-hybridized carbons (Fsp3) is 0.316. The summed E-state index contributed by atoms with van der Waals surface area (Å²) in [5.74, 6) is 1.03. The summed E-state index contributed by atoms with van der Waals surface area (Å²) in [6, 6.07) is 18.4. The van der Waals surface area contributed by atoms with Gasteiger partial charge in [-0.25, -0.2) is 0 Å². The van der Waals surface area contributed by atoms with Gasteiger partial charge in [-0.3, -0.25) is 4.79 Å². The van der Waals surface area contributed by atoms with E-state index in [0.717, 1.165) is 17.7 Å². The van der Waals surface area contributed by atoms with Crippen LogP contribution in [0.2, 0.25) is 0 Å². The first kappa shape index (κ1) is 16.1. The van der Waals surface area contributed by atoms with Crippen molar-refractivity contribution in [1.82, 2.24) is 4.90 Å². The standard InChI is InChI=1S/C19H22N2OS/c20-11-6-12-21(13-15-7-2-1-3-8-15)19(22)17-14-23-18-10-5-4-9-16(17)18/h1-5,7-10,17H,6,11-14,20H2. The zero-order chi connectivity index (χ0) is 16.1. The summed E-state index contributed by atoms with van der Waals surface area (Å²) in [5, 5.41) is 0. The molecule has 1 aliphatic heterocycles. The summed E-state index contributed by atoms with van der Waals surface area (Å²) in [7, 11) is 0. The maximum absolute atomic E-state index is 13.1. The van der Waals surface area contributed by atoms with Gasteiger partial charge in [0.05, 0.1) is 5.92 Å². The number of benzene rings is 2. The molecule has 1 aliphatic rings. The molecule has 0 aromatic heterocycles. The topological polar surface area (TPSA) is 46.3 Å². The largest absolute Gasteiger partial charge is 0.338 e. The molecule has 1 amide bonds. The smallest absolute Gasteiger partial charge is 0.231 e. The van der Waals surface area contributed by atoms with Crippen molar-refractivity contribution < 1.29 is 4.79 Å². The van der Waals surface area contributed by atoms with Gasteiger partial charge in [-0.2, -0.15) is 0 Å². The van der Waals surface area contributed by atoms with Gasteiger partial charge in [-0.1, -0.05) is 48.5 Å². The van der Waals surface area contributed by atoms with Crippen LogP contribution in [0.15, 0.2) is 59.5 Å². The summed E-state index contributed by atoms with van der Waals surface area (Å²) in [6.45, 7) is 1.98. The van der Waals surface area contributed by atoms with Crippen molar-refractivity contribution in [3.63, 3.8) is 0 Å². The van der Waals surface area contributed by atoms with Crippen LogP contribution in [-0.2, 0) is 11.3 Å². The van der Waals surface area contributed by atoms with Gasteiger partial charge in [0.1, 0.15) is 0 Å². The monoisotopic (exact) mass is 326 g/mol. The lowest BCUT2D eigenvalue weighted by molar-refractivity contribution is -0.133. The zero-order valence-corrected chi connectivity index (χ0v) is 14.0. The predicted molar refractivity (Wildman–Crippen MR) is 95.4 cm³/mol. The van der Waals surface area contributed by atoms with Gasteiger partial charge in [0.2, 0.25) is 5.91 Å². The highest BCUT2D eigenvalue weighted by atomic mass is 32.2. The van der Waals surface area contributed by atoms with Crippen molar-refractivity contribution in [2.45, 2.75) is 23.8 Å². The van der Waals surface area contributed by atoms with Gasteiger partial charge >= 0.3 is 0 Å². The Kier molecular flexibility index (Phi) is 5.36. The Bertz CT molecular complexity index is 659. The number of carbonyl (C=O) groups excluding carboxylic acids is 1. The summed E-state index contributed by atoms with van der Waals surface area (Å²) in [5.41, 5.74) is 8.00. The van der Waals surface area contributed by atoms with Crippen molar-refractivity contribution in [2.75, 3.05) is 18.8 Å². The van der Waals surface area contributed by atoms with Crippen LogP contribution in [0.3, 0.4) is 0 Å². The minimum absolute atomic E-state index is 0.0299. The van der Waals surface area contributed by atoms with Crippen molar-refractivity contribution in [3.8, 4) is 0 Å². The molecule has 1 unspecified atom stereocenters. The van der Waals surface area contributed by atoms with E-state index in [-0.39, 0.29) is 11.8 Å². The highest BCUT2D eigenvalue weighted by Gasteiger charge is 2.32. The van der Waals surface area contributed by atoms with Gasteiger partial charge in [0.15, 0.2) is 0 Å². The molecule has 2 aromatic carbocycles. The van der Waals surface area contributed by atoms with Crippen LogP contribution in [0.5, 0.6) is 0 Å². The van der Waals surface area contributed by atoms with Crippen molar-refractivity contribution in [1.29, 1.82) is 0 Å². The van der Waals surface area contributed by atoms with E-state index in [1.54, 1.807) is 11.8 Å². The molecule has 1 heterocycles. The number of rotatable bonds is 6. The van der Waals surface area contributed by atoms with E-state index in [1.807, 2.05) is 35.2 Å². The molecule has 3 rings (SSSR count). The average molecular weight is 326 g/mol. The first-order valence-electron chi connectivity index (χ1n) is 8.04. The lowest BCUT2D eigenvalue weighted by atomic mass is 9.99. The fourth-order valence-corrected chi connectivity index (χ4v) is 4.16. The Hall–Kier alpha value is -1.78. The molecular formula is C19H22N2OS. The van der Waals surface area contributed by atoms with E-state index in [2.05, 4.69) is 24.3 Å². The summed E-state index contributed by atoms with van der Waals surface area (Å²) < 4.78 is 0. The first-order valence-corrected chi connectivity index (χ1v) is 9.02. The number of fused-ring (bicyclic) bond motifs is 1. The van der Waals surface area contributed by atoms with E-state index in [4.69, 9.17) is 5.73 Å². The molecular weight excluding hydrogens is 304 g/mol. The van der Waals surface area contributed by atoms with Crippen LogP contribution < -0.4 is 5.73 Å². The molecule has 120 valence electrons. The number of nitrogens with zero attached hydrogens (tertiary/aromatic N) is 1. The minimum atomic E-state index is -0.0299. The van der Waals surface area contributed by atoms with E-state index >= 15 is 0 Å². The molecule has 3 nitrogen and oxygen atoms in total. The summed E-state index contributed by atoms with van der Waals surface area (Å²) >= 11 is 1.78. The Morgan fingerprint density at radius 1 is 1.13 bits per heavy atom. The van der Waals surface area contributed by atoms with E-state index in [9.17, 15) is 4.79 Å². The Morgan fingerprint density at radius 3 is 2.65 bits per heavy atom. The normalized spacial score (nSPS) is 16.1. The fourth-order valence-electron chi connectivity index (χ4n) is 2.94. The van der Waals surface area contributed by atoms with E-state index in [1.165, 1.54) is 10.5 Å². The molecule has 2 N–H and O–H groups in total. The van der Waals surface area contributed by atoms with Gasteiger partial charge in [-0.15, -0.1) is 11.8 Å². The third-order valence-electron chi connectivity index (χ3n) is 4.16. The Balaban J connectivity index is 1.78. The molecule has 4 heteroatoms. The van der Waals surface area contributed by atoms with E-state index < -0.39 is 0 Å². The van der Waals surface area contributed by atoms with Crippen LogP contribution >= 0.6 is 11.8 Å². The maximum atomic E-state index is 13.1. The second-order valence-corrected chi connectivity index (χ2v) is 6.85. The number of hydrogen-bond donors (Lipinski definition) is 1. The summed E-state index contributed by atoms with van der Waals surface area (Å²) in [6.07, 6.45) is 0.833. The highest BCUT2D eigenvalue weighted by Crippen LogP contribution is 2.40. The van der Waals surface area contributed by atoms with Crippen LogP contribution in [0.1, 0.15) is 23.5 Å². The number of nitrogens with two attached hydrogens (primary N) is 1. The van der Waals surface area contributed by atoms with Gasteiger partial charge in [0, 0.05) is 23.7 Å². The number of hydrogen-bond acceptors (Lipinski definition) is 3. The molecule has 0 saturated heterocycles. The molecule has 0 bridgehead atoms. The van der Waals surface area contributed by atoms with Crippen molar-refractivity contribution in [2.24, 2.45) is 5.73 Å². The lowest BCUT2D eigenvalue weighted by Gasteiger charge is -2.26. The SMILES string of the molecule is NCCCN(Cc1ccccc1)C(=O)C1CSc2ccccc21. The lowest BCUT2D eigenvalue weighted by Crippen LogP contribution is -2.36. The Labute approximate surface area is 141 Å². The zero-order valence-electron chi connectivity index (χ0n) is 13.2. The van der Waals surface area contributed by atoms with Crippen LogP contribution in [-0.4, -0.2) is 29.6 Å². The Morgan fingerprint density at radius 2 is 1.87 bits per heavy atom. The third-order valence-corrected chi connectivity index (χ3v) is 5.34. The molecule has 2 aromatic rings. The van der Waals surface area contributed by atoms with Crippen LogP contribution in [0, 0.1) is 0 Å². The van der Waals surface area contributed by atoms with Gasteiger partial charge in [-0.05, 0) is 30.2 Å². The van der Waals surface area contributed by atoms with E-state index in [0.29, 0.717) is 19.6 Å². The van der Waals surface area contributed by atoms with Gasteiger partial charge < -0.3 is 10.6 Å². The summed E-state index contributed by atoms with van der Waals surface area (Å²) in [4.78, 5) is 16.3. The number of carbonyl (C=O) groups is 1. The predicted octanol–water partition coefficient (Wildman–Crippen LogP) is 3.25. The minimum Gasteiger partial charge on any atom is -0.338 e. The van der Waals surface area contributed by atoms with Crippen LogP contribution in [0.25, 0.3) is 0 Å². The van der Waals surface area contributed by atoms with Crippen LogP contribution in [0.4, 0.5) is 0 Å². The van der Waals surface area contributed by atoms with Gasteiger partial charge in [0.25, 0.3) is 0 Å². The molecule has 0 aliphatic carbocycles. The average Bonchev–Trinajstić information content (AvgIpc) is 3.03. The second kappa shape index (κ2) is 7.66.